The highest BCUT2D eigenvalue weighted by atomic mass is 35.5. The van der Waals surface area contributed by atoms with Crippen LogP contribution in [0.5, 0.6) is 0 Å². The van der Waals surface area contributed by atoms with Gasteiger partial charge in [-0.3, -0.25) is 4.79 Å². The molecule has 0 spiro atoms. The van der Waals surface area contributed by atoms with Crippen LogP contribution in [0.2, 0.25) is 0 Å². The van der Waals surface area contributed by atoms with Crippen LogP contribution in [-0.2, 0) is 15.7 Å². The minimum absolute atomic E-state index is 0.268. The Morgan fingerprint density at radius 3 is 2.48 bits per heavy atom. The quantitative estimate of drug-likeness (QED) is 0.618. The molecule has 0 aliphatic carbocycles. The van der Waals surface area contributed by atoms with E-state index in [4.69, 9.17) is 16.3 Å². The lowest BCUT2D eigenvalue weighted by Crippen LogP contribution is -2.42. The van der Waals surface area contributed by atoms with Crippen LogP contribution >= 0.6 is 11.6 Å². The van der Waals surface area contributed by atoms with Crippen molar-refractivity contribution in [1.29, 1.82) is 0 Å². The maximum absolute atomic E-state index is 13.0. The molecule has 1 fully saturated rings. The first-order valence-electron chi connectivity index (χ1n) is 6.18. The predicted molar refractivity (Wildman–Crippen MR) is 67.4 cm³/mol. The summed E-state index contributed by atoms with van der Waals surface area (Å²) in [6, 6.07) is 2.10. The molecule has 0 radical (unpaired) electrons. The fourth-order valence-corrected chi connectivity index (χ4v) is 2.40. The van der Waals surface area contributed by atoms with Gasteiger partial charge in [0.15, 0.2) is 0 Å². The number of carbonyl (C=O) groups excluding carboxylic acids is 1. The summed E-state index contributed by atoms with van der Waals surface area (Å²) in [5.74, 6) is -1.68. The third kappa shape index (κ3) is 3.65. The zero-order valence-corrected chi connectivity index (χ0v) is 11.5. The van der Waals surface area contributed by atoms with Gasteiger partial charge < -0.3 is 9.64 Å². The number of ether oxygens (including phenoxy) is 1. The maximum Gasteiger partial charge on any atom is 0.416 e. The maximum atomic E-state index is 13.0. The molecular formula is C13H12ClF4NO2. The highest BCUT2D eigenvalue weighted by Crippen LogP contribution is 2.37. The van der Waals surface area contributed by atoms with Crippen LogP contribution in [0.1, 0.15) is 16.5 Å². The molecule has 1 unspecified atom stereocenters. The van der Waals surface area contributed by atoms with E-state index in [1.807, 2.05) is 0 Å². The third-order valence-corrected chi connectivity index (χ3v) is 3.56. The van der Waals surface area contributed by atoms with E-state index >= 15 is 0 Å². The molecule has 1 amide bonds. The Hall–Kier alpha value is -1.34. The van der Waals surface area contributed by atoms with E-state index in [0.717, 1.165) is 12.1 Å². The Labute approximate surface area is 123 Å². The van der Waals surface area contributed by atoms with Gasteiger partial charge in [0.05, 0.1) is 18.8 Å². The third-order valence-electron chi connectivity index (χ3n) is 3.13. The number of rotatable bonds is 2. The van der Waals surface area contributed by atoms with Crippen molar-refractivity contribution >= 4 is 17.5 Å². The molecule has 1 aromatic rings. The number of hydrogen-bond donors (Lipinski definition) is 0. The largest absolute Gasteiger partial charge is 0.416 e. The Morgan fingerprint density at radius 1 is 1.29 bits per heavy atom. The molecule has 1 heterocycles. The predicted octanol–water partition coefficient (Wildman–Crippen LogP) is 2.98. The Balaban J connectivity index is 2.30. The molecule has 1 aliphatic heterocycles. The van der Waals surface area contributed by atoms with Crippen molar-refractivity contribution in [3.63, 3.8) is 0 Å². The number of carbonyl (C=O) groups is 1. The van der Waals surface area contributed by atoms with E-state index in [-0.39, 0.29) is 13.1 Å². The topological polar surface area (TPSA) is 29.5 Å². The summed E-state index contributed by atoms with van der Waals surface area (Å²) in [7, 11) is 0. The lowest BCUT2D eigenvalue weighted by atomic mass is 10.0. The molecule has 21 heavy (non-hydrogen) atoms. The monoisotopic (exact) mass is 325 g/mol. The molecule has 2 rings (SSSR count). The summed E-state index contributed by atoms with van der Waals surface area (Å²) in [5, 5.41) is -1.51. The van der Waals surface area contributed by atoms with Crippen molar-refractivity contribution in [2.24, 2.45) is 0 Å². The zero-order valence-electron chi connectivity index (χ0n) is 10.8. The Bertz CT molecular complexity index is 529. The number of morpholine rings is 1. The normalized spacial score (nSPS) is 17.7. The van der Waals surface area contributed by atoms with Gasteiger partial charge in [0.1, 0.15) is 11.2 Å². The van der Waals surface area contributed by atoms with Gasteiger partial charge in [-0.2, -0.15) is 13.2 Å². The number of hydrogen-bond acceptors (Lipinski definition) is 2. The molecule has 8 heteroatoms. The SMILES string of the molecule is O=C(C(Cl)c1ccc(F)cc1C(F)(F)F)N1CCOCC1. The molecule has 1 aromatic carbocycles. The first kappa shape index (κ1) is 16.0. The summed E-state index contributed by atoms with van der Waals surface area (Å²) >= 11 is 5.90. The van der Waals surface area contributed by atoms with Crippen LogP contribution in [-0.4, -0.2) is 37.1 Å². The average Bonchev–Trinajstić information content (AvgIpc) is 2.45. The smallest absolute Gasteiger partial charge is 0.378 e. The molecule has 0 saturated carbocycles. The lowest BCUT2D eigenvalue weighted by molar-refractivity contribution is -0.139. The highest BCUT2D eigenvalue weighted by molar-refractivity contribution is 6.30. The second-order valence-electron chi connectivity index (χ2n) is 4.53. The number of benzene rings is 1. The van der Waals surface area contributed by atoms with Crippen LogP contribution in [0.3, 0.4) is 0 Å². The number of alkyl halides is 4. The molecule has 1 saturated heterocycles. The number of nitrogens with zero attached hydrogens (tertiary/aromatic N) is 1. The van der Waals surface area contributed by atoms with Crippen molar-refractivity contribution in [1.82, 2.24) is 4.90 Å². The van der Waals surface area contributed by atoms with E-state index in [2.05, 4.69) is 0 Å². The summed E-state index contributed by atoms with van der Waals surface area (Å²) < 4.78 is 56.9. The lowest BCUT2D eigenvalue weighted by Gasteiger charge is -2.29. The molecule has 0 aromatic heterocycles. The first-order valence-corrected chi connectivity index (χ1v) is 6.61. The minimum Gasteiger partial charge on any atom is -0.378 e. The van der Waals surface area contributed by atoms with Gasteiger partial charge in [0, 0.05) is 13.1 Å². The van der Waals surface area contributed by atoms with E-state index in [1.165, 1.54) is 4.90 Å². The van der Waals surface area contributed by atoms with Crippen LogP contribution < -0.4 is 0 Å². The van der Waals surface area contributed by atoms with E-state index in [0.29, 0.717) is 19.3 Å². The summed E-state index contributed by atoms with van der Waals surface area (Å²) in [6.45, 7) is 1.16. The zero-order chi connectivity index (χ0) is 15.6. The second-order valence-corrected chi connectivity index (χ2v) is 4.97. The highest BCUT2D eigenvalue weighted by Gasteiger charge is 2.38. The summed E-state index contributed by atoms with van der Waals surface area (Å²) in [6.07, 6.45) is -4.78. The second kappa shape index (κ2) is 6.19. The van der Waals surface area contributed by atoms with Gasteiger partial charge >= 0.3 is 6.18 Å². The first-order chi connectivity index (χ1) is 9.80. The fourth-order valence-electron chi connectivity index (χ4n) is 2.07. The van der Waals surface area contributed by atoms with Crippen molar-refractivity contribution in [2.75, 3.05) is 26.3 Å². The summed E-state index contributed by atoms with van der Waals surface area (Å²) in [5.41, 5.74) is -1.67. The molecule has 0 bridgehead atoms. The van der Waals surface area contributed by atoms with Crippen LogP contribution in [0.4, 0.5) is 17.6 Å². The minimum atomic E-state index is -4.78. The van der Waals surface area contributed by atoms with E-state index in [9.17, 15) is 22.4 Å². The van der Waals surface area contributed by atoms with Crippen LogP contribution in [0.15, 0.2) is 18.2 Å². The van der Waals surface area contributed by atoms with Crippen LogP contribution in [0.25, 0.3) is 0 Å². The van der Waals surface area contributed by atoms with Gasteiger partial charge in [-0.15, -0.1) is 11.6 Å². The molecule has 3 nitrogen and oxygen atoms in total. The van der Waals surface area contributed by atoms with Gasteiger partial charge in [-0.25, -0.2) is 4.39 Å². The molecule has 1 aliphatic rings. The van der Waals surface area contributed by atoms with E-state index in [1.54, 1.807) is 0 Å². The molecular weight excluding hydrogens is 314 g/mol. The Morgan fingerprint density at radius 2 is 1.90 bits per heavy atom. The van der Waals surface area contributed by atoms with Gasteiger partial charge in [-0.05, 0) is 17.7 Å². The van der Waals surface area contributed by atoms with Gasteiger partial charge in [-0.1, -0.05) is 6.07 Å². The van der Waals surface area contributed by atoms with Crippen LogP contribution in [0, 0.1) is 5.82 Å². The number of halogens is 5. The van der Waals surface area contributed by atoms with Crippen molar-refractivity contribution in [3.8, 4) is 0 Å². The summed E-state index contributed by atoms with van der Waals surface area (Å²) in [4.78, 5) is 13.5. The molecule has 1 atom stereocenters. The van der Waals surface area contributed by atoms with Crippen molar-refractivity contribution in [2.45, 2.75) is 11.6 Å². The average molecular weight is 326 g/mol. The molecule has 116 valence electrons. The standard InChI is InChI=1S/C13H12ClF4NO2/c14-11(12(20)19-3-5-21-6-4-19)9-2-1-8(15)7-10(9)13(16,17)18/h1-2,7,11H,3-6H2. The van der Waals surface area contributed by atoms with Crippen molar-refractivity contribution < 1.29 is 27.1 Å². The fraction of sp³-hybridized carbons (Fsp3) is 0.462. The Kier molecular flexibility index (Phi) is 4.73. The van der Waals surface area contributed by atoms with Gasteiger partial charge in [0.2, 0.25) is 5.91 Å². The number of amides is 1. The van der Waals surface area contributed by atoms with Gasteiger partial charge in [0.25, 0.3) is 0 Å². The van der Waals surface area contributed by atoms with E-state index < -0.39 is 34.4 Å². The van der Waals surface area contributed by atoms with Crippen molar-refractivity contribution in [3.05, 3.63) is 35.1 Å². The molecule has 0 N–H and O–H groups in total.